The van der Waals surface area contributed by atoms with E-state index in [4.69, 9.17) is 5.26 Å². The molecule has 16 heavy (non-hydrogen) atoms. The third kappa shape index (κ3) is 1.55. The Bertz CT molecular complexity index is 612. The van der Waals surface area contributed by atoms with Gasteiger partial charge in [-0.25, -0.2) is 9.78 Å². The van der Waals surface area contributed by atoms with Crippen LogP contribution in [0, 0.1) is 11.3 Å². The zero-order chi connectivity index (χ0) is 11.7. The fraction of sp³-hybridized carbons (Fsp3) is 0.100. The molecule has 1 aromatic carbocycles. The Morgan fingerprint density at radius 3 is 3.00 bits per heavy atom. The van der Waals surface area contributed by atoms with Gasteiger partial charge < -0.3 is 9.72 Å². The molecule has 0 spiro atoms. The molecule has 0 fully saturated rings. The number of aromatic nitrogens is 2. The Kier molecular flexibility index (Phi) is 2.62. The molecule has 0 aliphatic rings. The molecule has 6 heteroatoms. The number of carbonyl (C=O) groups is 1. The number of benzene rings is 1. The van der Waals surface area contributed by atoms with Crippen molar-refractivity contribution in [2.45, 2.75) is 0 Å². The quantitative estimate of drug-likeness (QED) is 0.810. The van der Waals surface area contributed by atoms with Gasteiger partial charge in [0.25, 0.3) is 0 Å². The number of nitriles is 1. The largest absolute Gasteiger partial charge is 0.465 e. The molecule has 1 aromatic heterocycles. The van der Waals surface area contributed by atoms with Gasteiger partial charge in [0, 0.05) is 0 Å². The van der Waals surface area contributed by atoms with Crippen molar-refractivity contribution >= 4 is 32.9 Å². The number of fused-ring (bicyclic) bond motifs is 1. The number of ether oxygens (including phenoxy) is 1. The molecular formula is C10H6BrN3O2. The summed E-state index contributed by atoms with van der Waals surface area (Å²) in [7, 11) is 1.30. The van der Waals surface area contributed by atoms with E-state index in [1.165, 1.54) is 13.2 Å². The van der Waals surface area contributed by atoms with Crippen molar-refractivity contribution in [3.8, 4) is 6.07 Å². The average Bonchev–Trinajstić information content (AvgIpc) is 2.67. The summed E-state index contributed by atoms with van der Waals surface area (Å²) in [5.74, 6) is -0.478. The Labute approximate surface area is 99.2 Å². The Morgan fingerprint density at radius 2 is 2.38 bits per heavy atom. The normalized spacial score (nSPS) is 10.1. The first-order valence-corrected chi connectivity index (χ1v) is 5.13. The van der Waals surface area contributed by atoms with Crippen LogP contribution in [0.1, 0.15) is 15.9 Å². The van der Waals surface area contributed by atoms with Crippen LogP contribution >= 0.6 is 15.9 Å². The SMILES string of the molecule is COC(=O)c1ccc(C#N)c2[nH]c(Br)nc12. The van der Waals surface area contributed by atoms with Gasteiger partial charge >= 0.3 is 5.97 Å². The minimum atomic E-state index is -0.478. The van der Waals surface area contributed by atoms with E-state index in [0.29, 0.717) is 26.9 Å². The van der Waals surface area contributed by atoms with E-state index in [9.17, 15) is 4.79 Å². The maximum atomic E-state index is 11.5. The Balaban J connectivity index is 2.80. The zero-order valence-electron chi connectivity index (χ0n) is 8.24. The molecule has 0 atom stereocenters. The molecule has 2 aromatic rings. The number of rotatable bonds is 1. The number of nitrogens with zero attached hydrogens (tertiary/aromatic N) is 2. The highest BCUT2D eigenvalue weighted by atomic mass is 79.9. The van der Waals surface area contributed by atoms with E-state index < -0.39 is 5.97 Å². The van der Waals surface area contributed by atoms with E-state index in [-0.39, 0.29) is 0 Å². The van der Waals surface area contributed by atoms with Gasteiger partial charge in [0.15, 0.2) is 4.73 Å². The van der Waals surface area contributed by atoms with Crippen molar-refractivity contribution in [3.63, 3.8) is 0 Å². The summed E-state index contributed by atoms with van der Waals surface area (Å²) in [6.07, 6.45) is 0. The van der Waals surface area contributed by atoms with E-state index in [1.54, 1.807) is 6.07 Å². The summed E-state index contributed by atoms with van der Waals surface area (Å²) in [4.78, 5) is 18.4. The number of methoxy groups -OCH3 is 1. The second kappa shape index (κ2) is 3.94. The first-order chi connectivity index (χ1) is 7.67. The fourth-order valence-corrected chi connectivity index (χ4v) is 1.81. The smallest absolute Gasteiger partial charge is 0.340 e. The maximum Gasteiger partial charge on any atom is 0.340 e. The van der Waals surface area contributed by atoms with Gasteiger partial charge in [-0.3, -0.25) is 0 Å². The molecule has 0 saturated carbocycles. The van der Waals surface area contributed by atoms with Crippen LogP contribution in [0.2, 0.25) is 0 Å². The fourth-order valence-electron chi connectivity index (χ4n) is 1.43. The average molecular weight is 280 g/mol. The molecule has 0 unspecified atom stereocenters. The van der Waals surface area contributed by atoms with E-state index >= 15 is 0 Å². The van der Waals surface area contributed by atoms with Crippen LogP contribution in [0.4, 0.5) is 0 Å². The summed E-state index contributed by atoms with van der Waals surface area (Å²) < 4.78 is 5.10. The number of esters is 1. The number of hydrogen-bond donors (Lipinski definition) is 1. The monoisotopic (exact) mass is 279 g/mol. The van der Waals surface area contributed by atoms with Gasteiger partial charge in [-0.2, -0.15) is 5.26 Å². The number of nitrogens with one attached hydrogen (secondary N) is 1. The molecule has 0 aliphatic carbocycles. The molecule has 1 heterocycles. The van der Waals surface area contributed by atoms with Crippen LogP contribution in [-0.4, -0.2) is 23.0 Å². The van der Waals surface area contributed by atoms with Crippen LogP contribution in [0.3, 0.4) is 0 Å². The van der Waals surface area contributed by atoms with Crippen molar-refractivity contribution < 1.29 is 9.53 Å². The predicted molar refractivity (Wildman–Crippen MR) is 59.8 cm³/mol. The summed E-state index contributed by atoms with van der Waals surface area (Å²) in [6, 6.07) is 5.11. The third-order valence-corrected chi connectivity index (χ3v) is 2.52. The Hall–Kier alpha value is -1.87. The maximum absolute atomic E-state index is 11.5. The summed E-state index contributed by atoms with van der Waals surface area (Å²) in [5.41, 5.74) is 1.72. The minimum Gasteiger partial charge on any atom is -0.465 e. The molecule has 0 radical (unpaired) electrons. The number of carbonyl (C=O) groups excluding carboxylic acids is 1. The highest BCUT2D eigenvalue weighted by Gasteiger charge is 2.16. The van der Waals surface area contributed by atoms with Gasteiger partial charge in [-0.05, 0) is 28.1 Å². The summed E-state index contributed by atoms with van der Waals surface area (Å²) in [6.45, 7) is 0. The van der Waals surface area contributed by atoms with Gasteiger partial charge in [0.2, 0.25) is 0 Å². The number of halogens is 1. The van der Waals surface area contributed by atoms with Crippen molar-refractivity contribution in [2.75, 3.05) is 7.11 Å². The molecule has 0 bridgehead atoms. The molecular weight excluding hydrogens is 274 g/mol. The molecule has 0 aliphatic heterocycles. The molecule has 2 rings (SSSR count). The lowest BCUT2D eigenvalue weighted by atomic mass is 10.1. The second-order valence-electron chi connectivity index (χ2n) is 3.02. The highest BCUT2D eigenvalue weighted by molar-refractivity contribution is 9.10. The van der Waals surface area contributed by atoms with Crippen LogP contribution < -0.4 is 0 Å². The molecule has 0 amide bonds. The molecule has 0 saturated heterocycles. The number of H-pyrrole nitrogens is 1. The number of aromatic amines is 1. The first-order valence-electron chi connectivity index (χ1n) is 4.34. The molecule has 1 N–H and O–H groups in total. The lowest BCUT2D eigenvalue weighted by Gasteiger charge is -2.00. The van der Waals surface area contributed by atoms with Crippen LogP contribution in [0.25, 0.3) is 11.0 Å². The zero-order valence-corrected chi connectivity index (χ0v) is 9.83. The van der Waals surface area contributed by atoms with Crippen molar-refractivity contribution in [3.05, 3.63) is 28.0 Å². The first kappa shape index (κ1) is 10.6. The van der Waals surface area contributed by atoms with E-state index in [0.717, 1.165) is 0 Å². The van der Waals surface area contributed by atoms with Crippen molar-refractivity contribution in [1.82, 2.24) is 9.97 Å². The third-order valence-electron chi connectivity index (χ3n) is 2.14. The van der Waals surface area contributed by atoms with Crippen molar-refractivity contribution in [2.24, 2.45) is 0 Å². The van der Waals surface area contributed by atoms with Crippen molar-refractivity contribution in [1.29, 1.82) is 5.26 Å². The van der Waals surface area contributed by atoms with Gasteiger partial charge in [0.1, 0.15) is 11.6 Å². The van der Waals surface area contributed by atoms with Crippen LogP contribution in [0.5, 0.6) is 0 Å². The minimum absolute atomic E-state index is 0.332. The van der Waals surface area contributed by atoms with Gasteiger partial charge in [0.05, 0.1) is 23.8 Å². The van der Waals surface area contributed by atoms with E-state index in [2.05, 4.69) is 30.6 Å². The standard InChI is InChI=1S/C10H6BrN3O2/c1-16-9(15)6-3-2-5(4-12)7-8(6)14-10(11)13-7/h2-3H,1H3,(H,13,14). The van der Waals surface area contributed by atoms with Gasteiger partial charge in [-0.1, -0.05) is 0 Å². The molecule has 5 nitrogen and oxygen atoms in total. The number of hydrogen-bond acceptors (Lipinski definition) is 4. The highest BCUT2D eigenvalue weighted by Crippen LogP contribution is 2.23. The van der Waals surface area contributed by atoms with Gasteiger partial charge in [-0.15, -0.1) is 0 Å². The number of imidazole rings is 1. The lowest BCUT2D eigenvalue weighted by Crippen LogP contribution is -2.02. The Morgan fingerprint density at radius 1 is 1.62 bits per heavy atom. The predicted octanol–water partition coefficient (Wildman–Crippen LogP) is 1.98. The van der Waals surface area contributed by atoms with Crippen LogP contribution in [-0.2, 0) is 4.74 Å². The summed E-state index contributed by atoms with van der Waals surface area (Å²) >= 11 is 3.16. The molecule has 80 valence electrons. The van der Waals surface area contributed by atoms with Crippen LogP contribution in [0.15, 0.2) is 16.9 Å². The van der Waals surface area contributed by atoms with E-state index in [1.807, 2.05) is 6.07 Å². The topological polar surface area (TPSA) is 78.8 Å². The lowest BCUT2D eigenvalue weighted by molar-refractivity contribution is 0.0603. The summed E-state index contributed by atoms with van der Waals surface area (Å²) in [5, 5.41) is 8.90. The second-order valence-corrected chi connectivity index (χ2v) is 3.77.